The number of piperidine rings is 1. The lowest BCUT2D eigenvalue weighted by Crippen LogP contribution is -2.50. The van der Waals surface area contributed by atoms with Gasteiger partial charge >= 0.3 is 6.09 Å². The zero-order chi connectivity index (χ0) is 27.2. The van der Waals surface area contributed by atoms with Gasteiger partial charge in [-0.2, -0.15) is 0 Å². The number of aromatic nitrogens is 3. The van der Waals surface area contributed by atoms with E-state index in [4.69, 9.17) is 9.72 Å². The summed E-state index contributed by atoms with van der Waals surface area (Å²) in [6, 6.07) is 14.0. The van der Waals surface area contributed by atoms with E-state index in [2.05, 4.69) is 55.5 Å². The molecule has 1 N–H and O–H groups in total. The number of likely N-dealkylation sites (tertiary alicyclic amines) is 1. The van der Waals surface area contributed by atoms with E-state index in [0.717, 1.165) is 57.3 Å². The standard InChI is InChI=1S/C29H34BrN5O3/c1-6-35-24-16-20(30)11-9-18(24)15-25(35)26-32-22-14-19(10-12-23(22)33(26)5)27(36)34-13-7-8-21(17-34)31-28(37)38-29(2,3)4/h9-12,14-16,21H,6-8,13,17H2,1-5H3,(H,31,37)/t21-/m1/s1. The minimum Gasteiger partial charge on any atom is -0.444 e. The van der Waals surface area contributed by atoms with Crippen LogP contribution in [0.25, 0.3) is 33.5 Å². The van der Waals surface area contributed by atoms with Crippen molar-refractivity contribution in [2.75, 3.05) is 13.1 Å². The van der Waals surface area contributed by atoms with Gasteiger partial charge in [0.2, 0.25) is 0 Å². The van der Waals surface area contributed by atoms with E-state index in [1.54, 1.807) is 0 Å². The number of carbonyl (C=O) groups is 2. The third-order valence-corrected chi connectivity index (χ3v) is 7.46. The molecule has 1 saturated heterocycles. The fraction of sp³-hybridized carbons (Fsp3) is 0.414. The number of amides is 2. The maximum absolute atomic E-state index is 13.5. The average molecular weight is 581 g/mol. The monoisotopic (exact) mass is 579 g/mol. The number of imidazole rings is 1. The van der Waals surface area contributed by atoms with Gasteiger partial charge in [-0.15, -0.1) is 0 Å². The van der Waals surface area contributed by atoms with Gasteiger partial charge in [0.05, 0.1) is 16.7 Å². The Morgan fingerprint density at radius 2 is 1.92 bits per heavy atom. The molecule has 200 valence electrons. The fourth-order valence-corrected chi connectivity index (χ4v) is 5.60. The fourth-order valence-electron chi connectivity index (χ4n) is 5.25. The Morgan fingerprint density at radius 3 is 2.66 bits per heavy atom. The third kappa shape index (κ3) is 5.16. The van der Waals surface area contributed by atoms with Crippen molar-refractivity contribution in [2.45, 2.75) is 58.7 Å². The molecule has 2 amide bonds. The molecule has 0 radical (unpaired) electrons. The second kappa shape index (κ2) is 10.1. The van der Waals surface area contributed by atoms with Crippen molar-refractivity contribution in [3.05, 3.63) is 52.5 Å². The van der Waals surface area contributed by atoms with E-state index in [-0.39, 0.29) is 11.9 Å². The number of benzene rings is 2. The zero-order valence-electron chi connectivity index (χ0n) is 22.5. The van der Waals surface area contributed by atoms with Gasteiger partial charge in [-0.3, -0.25) is 4.79 Å². The van der Waals surface area contributed by atoms with Gasteiger partial charge in [-0.05, 0) is 76.9 Å². The normalized spacial score (nSPS) is 16.3. The van der Waals surface area contributed by atoms with E-state index in [0.29, 0.717) is 18.7 Å². The van der Waals surface area contributed by atoms with Crippen molar-refractivity contribution >= 4 is 49.9 Å². The maximum atomic E-state index is 13.5. The Kier molecular flexibility index (Phi) is 6.98. The van der Waals surface area contributed by atoms with Crippen molar-refractivity contribution in [1.82, 2.24) is 24.3 Å². The predicted octanol–water partition coefficient (Wildman–Crippen LogP) is 6.11. The third-order valence-electron chi connectivity index (χ3n) is 6.97. The minimum atomic E-state index is -0.562. The maximum Gasteiger partial charge on any atom is 0.407 e. The SMILES string of the molecule is CCn1c(-c2nc3cc(C(=O)N4CCC[C@@H](NC(=O)OC(C)(C)C)C4)ccc3n2C)cc2ccc(Br)cc21. The van der Waals surface area contributed by atoms with Crippen LogP contribution in [0, 0.1) is 0 Å². The molecule has 4 aromatic rings. The van der Waals surface area contributed by atoms with Crippen LogP contribution in [0.15, 0.2) is 46.9 Å². The van der Waals surface area contributed by atoms with E-state index in [9.17, 15) is 9.59 Å². The molecule has 2 aromatic heterocycles. The zero-order valence-corrected chi connectivity index (χ0v) is 24.1. The predicted molar refractivity (Wildman–Crippen MR) is 153 cm³/mol. The van der Waals surface area contributed by atoms with Gasteiger partial charge in [0, 0.05) is 53.7 Å². The Hall–Kier alpha value is -3.33. The number of nitrogens with one attached hydrogen (secondary N) is 1. The van der Waals surface area contributed by atoms with Crippen molar-refractivity contribution in [3.8, 4) is 11.5 Å². The first-order chi connectivity index (χ1) is 18.0. The Balaban J connectivity index is 1.40. The number of alkyl carbamates (subject to hydrolysis) is 1. The van der Waals surface area contributed by atoms with Crippen LogP contribution in [-0.4, -0.2) is 55.8 Å². The molecule has 1 atom stereocenters. The van der Waals surface area contributed by atoms with E-state index in [1.165, 1.54) is 0 Å². The molecule has 0 aliphatic carbocycles. The molecule has 0 saturated carbocycles. The largest absolute Gasteiger partial charge is 0.444 e. The molecule has 8 nitrogen and oxygen atoms in total. The summed E-state index contributed by atoms with van der Waals surface area (Å²) in [6.07, 6.45) is 1.18. The summed E-state index contributed by atoms with van der Waals surface area (Å²) in [7, 11) is 2.01. The highest BCUT2D eigenvalue weighted by Crippen LogP contribution is 2.32. The molecule has 9 heteroatoms. The van der Waals surface area contributed by atoms with Gasteiger partial charge in [0.1, 0.15) is 5.60 Å². The quantitative estimate of drug-likeness (QED) is 0.316. The number of nitrogens with zero attached hydrogens (tertiary/aromatic N) is 4. The Morgan fingerprint density at radius 1 is 1.13 bits per heavy atom. The molecule has 1 aliphatic rings. The van der Waals surface area contributed by atoms with Crippen LogP contribution >= 0.6 is 15.9 Å². The lowest BCUT2D eigenvalue weighted by Gasteiger charge is -2.33. The van der Waals surface area contributed by atoms with Crippen LogP contribution in [0.2, 0.25) is 0 Å². The minimum absolute atomic E-state index is 0.0534. The molecule has 1 fully saturated rings. The molecule has 1 aliphatic heterocycles. The lowest BCUT2D eigenvalue weighted by molar-refractivity contribution is 0.0452. The van der Waals surface area contributed by atoms with Crippen LogP contribution in [0.5, 0.6) is 0 Å². The molecule has 0 spiro atoms. The molecule has 38 heavy (non-hydrogen) atoms. The van der Waals surface area contributed by atoms with Crippen LogP contribution < -0.4 is 5.32 Å². The highest BCUT2D eigenvalue weighted by atomic mass is 79.9. The van der Waals surface area contributed by atoms with E-state index < -0.39 is 11.7 Å². The number of hydrogen-bond acceptors (Lipinski definition) is 4. The second-order valence-corrected chi connectivity index (χ2v) is 11.8. The molecule has 5 rings (SSSR count). The number of hydrogen-bond donors (Lipinski definition) is 1. The molecule has 2 aromatic carbocycles. The number of aryl methyl sites for hydroxylation is 2. The summed E-state index contributed by atoms with van der Waals surface area (Å²) in [5.74, 6) is 0.806. The van der Waals surface area contributed by atoms with Gasteiger partial charge < -0.3 is 24.1 Å². The van der Waals surface area contributed by atoms with Crippen molar-refractivity contribution in [2.24, 2.45) is 7.05 Å². The second-order valence-electron chi connectivity index (χ2n) is 10.9. The van der Waals surface area contributed by atoms with E-state index in [1.807, 2.05) is 57.0 Å². The van der Waals surface area contributed by atoms with Crippen LogP contribution in [0.1, 0.15) is 50.9 Å². The highest BCUT2D eigenvalue weighted by Gasteiger charge is 2.28. The number of halogens is 1. The van der Waals surface area contributed by atoms with Crippen molar-refractivity contribution < 1.29 is 14.3 Å². The molecule has 0 bridgehead atoms. The molecule has 0 unspecified atom stereocenters. The van der Waals surface area contributed by atoms with Gasteiger partial charge in [0.15, 0.2) is 5.82 Å². The highest BCUT2D eigenvalue weighted by molar-refractivity contribution is 9.10. The van der Waals surface area contributed by atoms with Crippen LogP contribution in [0.4, 0.5) is 4.79 Å². The Bertz CT molecular complexity index is 1530. The smallest absolute Gasteiger partial charge is 0.407 e. The van der Waals surface area contributed by atoms with Gasteiger partial charge in [0.25, 0.3) is 5.91 Å². The Labute approximate surface area is 231 Å². The molecule has 3 heterocycles. The van der Waals surface area contributed by atoms with Crippen LogP contribution in [-0.2, 0) is 18.3 Å². The average Bonchev–Trinajstić information content (AvgIpc) is 3.38. The summed E-state index contributed by atoms with van der Waals surface area (Å²) in [4.78, 5) is 32.5. The van der Waals surface area contributed by atoms with Gasteiger partial charge in [-0.25, -0.2) is 9.78 Å². The first kappa shape index (κ1) is 26.3. The number of carbonyl (C=O) groups excluding carboxylic acids is 2. The first-order valence-electron chi connectivity index (χ1n) is 13.1. The molecular formula is C29H34BrN5O3. The number of rotatable bonds is 4. The van der Waals surface area contributed by atoms with Gasteiger partial charge in [-0.1, -0.05) is 22.0 Å². The topological polar surface area (TPSA) is 81.4 Å². The number of fused-ring (bicyclic) bond motifs is 2. The van der Waals surface area contributed by atoms with Crippen molar-refractivity contribution in [1.29, 1.82) is 0 Å². The van der Waals surface area contributed by atoms with Crippen molar-refractivity contribution in [3.63, 3.8) is 0 Å². The summed E-state index contributed by atoms with van der Waals surface area (Å²) in [5, 5.41) is 4.08. The summed E-state index contributed by atoms with van der Waals surface area (Å²) in [6.45, 7) is 9.57. The summed E-state index contributed by atoms with van der Waals surface area (Å²) < 4.78 is 10.8. The van der Waals surface area contributed by atoms with E-state index >= 15 is 0 Å². The number of ether oxygens (including phenoxy) is 1. The summed E-state index contributed by atoms with van der Waals surface area (Å²) >= 11 is 3.59. The summed E-state index contributed by atoms with van der Waals surface area (Å²) in [5.41, 5.74) is 3.98. The van der Waals surface area contributed by atoms with Crippen LogP contribution in [0.3, 0.4) is 0 Å². The molecular weight excluding hydrogens is 546 g/mol. The first-order valence-corrected chi connectivity index (χ1v) is 13.9. The lowest BCUT2D eigenvalue weighted by atomic mass is 10.0.